The molecule has 0 aliphatic carbocycles. The van der Waals surface area contributed by atoms with E-state index < -0.39 is 0 Å². The van der Waals surface area contributed by atoms with Gasteiger partial charge in [-0.15, -0.1) is 0 Å². The SMILES string of the molecule is CC(C)c1cc(C(=O)NC2CCN(c3ncc4c(n3)CCOC4)CC2)on1. The Morgan fingerprint density at radius 2 is 2.15 bits per heavy atom. The van der Waals surface area contributed by atoms with Crippen molar-refractivity contribution >= 4 is 11.9 Å². The number of ether oxygens (including phenoxy) is 1. The number of amides is 1. The lowest BCUT2D eigenvalue weighted by molar-refractivity contribution is 0.0893. The van der Waals surface area contributed by atoms with Gasteiger partial charge in [-0.3, -0.25) is 4.79 Å². The molecule has 1 saturated heterocycles. The molecule has 0 aromatic carbocycles. The molecule has 0 spiro atoms. The number of piperidine rings is 1. The van der Waals surface area contributed by atoms with E-state index >= 15 is 0 Å². The first-order valence-corrected chi connectivity index (χ1v) is 9.55. The van der Waals surface area contributed by atoms with Crippen molar-refractivity contribution in [3.05, 3.63) is 35.0 Å². The maximum absolute atomic E-state index is 12.4. The van der Waals surface area contributed by atoms with E-state index in [4.69, 9.17) is 14.2 Å². The summed E-state index contributed by atoms with van der Waals surface area (Å²) in [7, 11) is 0. The molecule has 4 heterocycles. The average molecular weight is 371 g/mol. The number of fused-ring (bicyclic) bond motifs is 1. The summed E-state index contributed by atoms with van der Waals surface area (Å²) >= 11 is 0. The monoisotopic (exact) mass is 371 g/mol. The molecule has 2 aromatic rings. The second-order valence-electron chi connectivity index (χ2n) is 7.45. The molecule has 2 aliphatic rings. The van der Waals surface area contributed by atoms with Crippen LogP contribution in [0.25, 0.3) is 0 Å². The standard InChI is InChI=1S/C19H25N5O3/c1-12(2)16-9-17(27-23-16)18(25)21-14-3-6-24(7-4-14)19-20-10-13-11-26-8-5-15(13)22-19/h9-10,12,14H,3-8,11H2,1-2H3,(H,21,25). The van der Waals surface area contributed by atoms with Crippen molar-refractivity contribution in [3.63, 3.8) is 0 Å². The summed E-state index contributed by atoms with van der Waals surface area (Å²) in [5, 5.41) is 7.00. The number of aromatic nitrogens is 3. The number of nitrogens with zero attached hydrogens (tertiary/aromatic N) is 4. The molecule has 8 heteroatoms. The highest BCUT2D eigenvalue weighted by molar-refractivity contribution is 5.91. The Balaban J connectivity index is 1.32. The molecule has 4 rings (SSSR count). The zero-order chi connectivity index (χ0) is 18.8. The Labute approximate surface area is 158 Å². The van der Waals surface area contributed by atoms with Crippen LogP contribution in [0.15, 0.2) is 16.8 Å². The second kappa shape index (κ2) is 7.64. The fourth-order valence-electron chi connectivity index (χ4n) is 3.42. The molecule has 2 aliphatic heterocycles. The van der Waals surface area contributed by atoms with Gasteiger partial charge in [-0.25, -0.2) is 9.97 Å². The number of anilines is 1. The predicted molar refractivity (Wildman–Crippen MR) is 98.7 cm³/mol. The van der Waals surface area contributed by atoms with Crippen LogP contribution in [0.5, 0.6) is 0 Å². The number of hydrogen-bond acceptors (Lipinski definition) is 7. The maximum atomic E-state index is 12.4. The first-order chi connectivity index (χ1) is 13.1. The zero-order valence-electron chi connectivity index (χ0n) is 15.8. The van der Waals surface area contributed by atoms with Crippen LogP contribution in [0.4, 0.5) is 5.95 Å². The van der Waals surface area contributed by atoms with Crippen molar-refractivity contribution in [2.75, 3.05) is 24.6 Å². The van der Waals surface area contributed by atoms with E-state index in [1.165, 1.54) is 0 Å². The van der Waals surface area contributed by atoms with Gasteiger partial charge in [-0.05, 0) is 18.8 Å². The molecular formula is C19H25N5O3. The van der Waals surface area contributed by atoms with Crippen molar-refractivity contribution in [1.82, 2.24) is 20.4 Å². The van der Waals surface area contributed by atoms with Gasteiger partial charge < -0.3 is 19.5 Å². The van der Waals surface area contributed by atoms with Crippen LogP contribution in [0, 0.1) is 0 Å². The fraction of sp³-hybridized carbons (Fsp3) is 0.579. The molecule has 144 valence electrons. The first kappa shape index (κ1) is 17.9. The molecule has 27 heavy (non-hydrogen) atoms. The average Bonchev–Trinajstić information content (AvgIpc) is 3.19. The van der Waals surface area contributed by atoms with E-state index in [2.05, 4.69) is 20.4 Å². The quantitative estimate of drug-likeness (QED) is 0.879. The van der Waals surface area contributed by atoms with Gasteiger partial charge in [0.05, 0.1) is 24.6 Å². The maximum Gasteiger partial charge on any atom is 0.290 e. The molecule has 2 aromatic heterocycles. The van der Waals surface area contributed by atoms with Crippen LogP contribution >= 0.6 is 0 Å². The minimum Gasteiger partial charge on any atom is -0.376 e. The van der Waals surface area contributed by atoms with Gasteiger partial charge in [0.15, 0.2) is 0 Å². The Hall–Kier alpha value is -2.48. The van der Waals surface area contributed by atoms with Crippen molar-refractivity contribution < 1.29 is 14.1 Å². The summed E-state index contributed by atoms with van der Waals surface area (Å²) in [6.45, 7) is 6.99. The van der Waals surface area contributed by atoms with Crippen molar-refractivity contribution in [2.45, 2.75) is 51.7 Å². The van der Waals surface area contributed by atoms with Crippen LogP contribution in [-0.4, -0.2) is 46.8 Å². The van der Waals surface area contributed by atoms with E-state index in [9.17, 15) is 4.79 Å². The molecular weight excluding hydrogens is 346 g/mol. The van der Waals surface area contributed by atoms with Crippen molar-refractivity contribution in [2.24, 2.45) is 0 Å². The van der Waals surface area contributed by atoms with Gasteiger partial charge in [0.1, 0.15) is 0 Å². The molecule has 0 bridgehead atoms. The lowest BCUT2D eigenvalue weighted by Gasteiger charge is -2.32. The number of carbonyl (C=O) groups is 1. The summed E-state index contributed by atoms with van der Waals surface area (Å²) in [6, 6.07) is 1.84. The van der Waals surface area contributed by atoms with E-state index in [0.29, 0.717) is 6.61 Å². The first-order valence-electron chi connectivity index (χ1n) is 9.55. The van der Waals surface area contributed by atoms with E-state index in [1.807, 2.05) is 20.0 Å². The van der Waals surface area contributed by atoms with Gasteiger partial charge >= 0.3 is 0 Å². The van der Waals surface area contributed by atoms with E-state index in [1.54, 1.807) is 6.07 Å². The molecule has 0 atom stereocenters. The summed E-state index contributed by atoms with van der Waals surface area (Å²) in [6.07, 6.45) is 4.41. The minimum atomic E-state index is -0.196. The summed E-state index contributed by atoms with van der Waals surface area (Å²) in [5.41, 5.74) is 2.97. The minimum absolute atomic E-state index is 0.118. The van der Waals surface area contributed by atoms with Gasteiger partial charge in [0.2, 0.25) is 11.7 Å². The van der Waals surface area contributed by atoms with Crippen LogP contribution in [0.1, 0.15) is 60.1 Å². The van der Waals surface area contributed by atoms with Gasteiger partial charge in [-0.2, -0.15) is 0 Å². The van der Waals surface area contributed by atoms with Crippen LogP contribution < -0.4 is 10.2 Å². The Kier molecular flexibility index (Phi) is 5.07. The lowest BCUT2D eigenvalue weighted by Crippen LogP contribution is -2.45. The molecule has 1 N–H and O–H groups in total. The topological polar surface area (TPSA) is 93.4 Å². The number of carbonyl (C=O) groups excluding carboxylic acids is 1. The highest BCUT2D eigenvalue weighted by atomic mass is 16.5. The van der Waals surface area contributed by atoms with Gasteiger partial charge in [0.25, 0.3) is 5.91 Å². The third-order valence-electron chi connectivity index (χ3n) is 5.14. The molecule has 1 amide bonds. The van der Waals surface area contributed by atoms with Crippen LogP contribution in [0.3, 0.4) is 0 Å². The summed E-state index contributed by atoms with van der Waals surface area (Å²) in [4.78, 5) is 23.8. The third kappa shape index (κ3) is 3.95. The molecule has 1 fully saturated rings. The molecule has 0 radical (unpaired) electrons. The number of nitrogens with one attached hydrogen (secondary N) is 1. The molecule has 8 nitrogen and oxygen atoms in total. The number of rotatable bonds is 4. The van der Waals surface area contributed by atoms with E-state index in [-0.39, 0.29) is 23.6 Å². The van der Waals surface area contributed by atoms with Crippen LogP contribution in [-0.2, 0) is 17.8 Å². The Morgan fingerprint density at radius 3 is 2.89 bits per heavy atom. The predicted octanol–water partition coefficient (Wildman–Crippen LogP) is 2.06. The third-order valence-corrected chi connectivity index (χ3v) is 5.14. The van der Waals surface area contributed by atoms with Gasteiger partial charge in [0, 0.05) is 43.4 Å². The van der Waals surface area contributed by atoms with E-state index in [0.717, 1.165) is 61.9 Å². The summed E-state index contributed by atoms with van der Waals surface area (Å²) < 4.78 is 10.6. The number of hydrogen-bond donors (Lipinski definition) is 1. The van der Waals surface area contributed by atoms with Gasteiger partial charge in [-0.1, -0.05) is 19.0 Å². The molecule has 0 saturated carbocycles. The summed E-state index contributed by atoms with van der Waals surface area (Å²) in [5.74, 6) is 1.10. The lowest BCUT2D eigenvalue weighted by atomic mass is 10.0. The van der Waals surface area contributed by atoms with Crippen molar-refractivity contribution in [1.29, 1.82) is 0 Å². The zero-order valence-corrected chi connectivity index (χ0v) is 15.8. The smallest absolute Gasteiger partial charge is 0.290 e. The van der Waals surface area contributed by atoms with Crippen molar-refractivity contribution in [3.8, 4) is 0 Å². The Morgan fingerprint density at radius 1 is 1.33 bits per heavy atom. The highest BCUT2D eigenvalue weighted by Crippen LogP contribution is 2.21. The second-order valence-corrected chi connectivity index (χ2v) is 7.45. The van der Waals surface area contributed by atoms with Crippen LogP contribution in [0.2, 0.25) is 0 Å². The Bertz CT molecular complexity index is 811. The normalized spacial score (nSPS) is 17.8. The molecule has 0 unspecified atom stereocenters. The highest BCUT2D eigenvalue weighted by Gasteiger charge is 2.25. The largest absolute Gasteiger partial charge is 0.376 e. The fourth-order valence-corrected chi connectivity index (χ4v) is 3.42.